The Balaban J connectivity index is 1.54. The summed E-state index contributed by atoms with van der Waals surface area (Å²) in [5, 5.41) is 3.25. The summed E-state index contributed by atoms with van der Waals surface area (Å²) >= 11 is 0. The van der Waals surface area contributed by atoms with Gasteiger partial charge in [-0.05, 0) is 49.8 Å². The predicted octanol–water partition coefficient (Wildman–Crippen LogP) is 1.98. The van der Waals surface area contributed by atoms with Gasteiger partial charge in [-0.15, -0.1) is 0 Å². The number of hydrogen-bond acceptors (Lipinski definition) is 6. The quantitative estimate of drug-likeness (QED) is 0.532. The van der Waals surface area contributed by atoms with Crippen LogP contribution in [-0.4, -0.2) is 47.6 Å². The Morgan fingerprint density at radius 2 is 2.00 bits per heavy atom. The van der Waals surface area contributed by atoms with Crippen LogP contribution in [0.25, 0.3) is 0 Å². The molecule has 1 heterocycles. The Labute approximate surface area is 170 Å². The van der Waals surface area contributed by atoms with E-state index >= 15 is 0 Å². The van der Waals surface area contributed by atoms with E-state index in [1.165, 1.54) is 18.2 Å². The summed E-state index contributed by atoms with van der Waals surface area (Å²) in [4.78, 5) is 48.9. The molecular formula is C19H21F2N3O6. The highest BCUT2D eigenvalue weighted by molar-refractivity contribution is 6.08. The van der Waals surface area contributed by atoms with Crippen molar-refractivity contribution >= 4 is 23.8 Å². The van der Waals surface area contributed by atoms with Crippen LogP contribution in [0.3, 0.4) is 0 Å². The lowest BCUT2D eigenvalue weighted by atomic mass is 9.77. The van der Waals surface area contributed by atoms with Crippen LogP contribution in [-0.2, 0) is 14.3 Å². The number of imide groups is 1. The van der Waals surface area contributed by atoms with Gasteiger partial charge in [-0.2, -0.15) is 13.8 Å². The molecule has 4 amide bonds. The first kappa shape index (κ1) is 21.5. The van der Waals surface area contributed by atoms with Crippen LogP contribution in [0.5, 0.6) is 5.75 Å². The molecule has 1 spiro atoms. The number of carbonyl (C=O) groups excluding carboxylic acids is 4. The molecule has 0 atom stereocenters. The zero-order chi connectivity index (χ0) is 21.9. The van der Waals surface area contributed by atoms with Crippen molar-refractivity contribution in [2.45, 2.75) is 44.8 Å². The van der Waals surface area contributed by atoms with Gasteiger partial charge in [0.1, 0.15) is 11.3 Å². The second kappa shape index (κ2) is 8.64. The van der Waals surface area contributed by atoms with E-state index in [-0.39, 0.29) is 11.3 Å². The van der Waals surface area contributed by atoms with E-state index in [1.54, 1.807) is 0 Å². The molecule has 0 bridgehead atoms. The standard InChI is InChI=1S/C19H21F2N3O6/c1-11-5-7-19(8-6-11)16(27)24(18(28)22-19)23-14(25)10-29-15(26)12-3-2-4-13(9-12)30-17(20)21/h2-4,9,11,17H,5-8,10H2,1H3,(H,22,28)(H,23,25). The number of nitrogens with zero attached hydrogens (tertiary/aromatic N) is 1. The molecule has 30 heavy (non-hydrogen) atoms. The Morgan fingerprint density at radius 3 is 2.67 bits per heavy atom. The molecule has 1 aliphatic carbocycles. The minimum Gasteiger partial charge on any atom is -0.452 e. The van der Waals surface area contributed by atoms with Crippen LogP contribution in [0.2, 0.25) is 0 Å². The maximum Gasteiger partial charge on any atom is 0.387 e. The summed E-state index contributed by atoms with van der Waals surface area (Å²) in [7, 11) is 0. The molecule has 1 saturated carbocycles. The number of amides is 4. The van der Waals surface area contributed by atoms with Crippen molar-refractivity contribution in [1.82, 2.24) is 15.8 Å². The molecule has 1 aromatic carbocycles. The van der Waals surface area contributed by atoms with Crippen LogP contribution in [0.1, 0.15) is 43.0 Å². The SMILES string of the molecule is CC1CCC2(CC1)NC(=O)N(NC(=O)COC(=O)c1cccc(OC(F)F)c1)C2=O. The molecule has 9 nitrogen and oxygen atoms in total. The van der Waals surface area contributed by atoms with Gasteiger partial charge in [-0.3, -0.25) is 15.0 Å². The van der Waals surface area contributed by atoms with Crippen molar-refractivity contribution in [3.05, 3.63) is 29.8 Å². The van der Waals surface area contributed by atoms with Crippen LogP contribution in [0.4, 0.5) is 13.6 Å². The Morgan fingerprint density at radius 1 is 1.30 bits per heavy atom. The van der Waals surface area contributed by atoms with Gasteiger partial charge in [0.25, 0.3) is 11.8 Å². The van der Waals surface area contributed by atoms with Gasteiger partial charge in [0.05, 0.1) is 5.56 Å². The fourth-order valence-corrected chi connectivity index (χ4v) is 3.49. The first-order chi connectivity index (χ1) is 14.2. The third-order valence-electron chi connectivity index (χ3n) is 5.16. The highest BCUT2D eigenvalue weighted by atomic mass is 19.3. The number of hydrazine groups is 1. The lowest BCUT2D eigenvalue weighted by molar-refractivity contribution is -0.141. The summed E-state index contributed by atoms with van der Waals surface area (Å²) in [6.45, 7) is -1.76. The maximum atomic E-state index is 12.7. The highest BCUT2D eigenvalue weighted by Gasteiger charge is 2.52. The molecule has 1 aliphatic heterocycles. The summed E-state index contributed by atoms with van der Waals surface area (Å²) in [5.41, 5.74) is 1.02. The lowest BCUT2D eigenvalue weighted by Gasteiger charge is -2.33. The van der Waals surface area contributed by atoms with Crippen molar-refractivity contribution in [1.29, 1.82) is 0 Å². The van der Waals surface area contributed by atoms with Gasteiger partial charge in [0.2, 0.25) is 0 Å². The molecular weight excluding hydrogens is 404 g/mol. The number of hydrogen-bond donors (Lipinski definition) is 2. The van der Waals surface area contributed by atoms with E-state index in [9.17, 15) is 28.0 Å². The van der Waals surface area contributed by atoms with Gasteiger partial charge >= 0.3 is 18.6 Å². The van der Waals surface area contributed by atoms with E-state index in [2.05, 4.69) is 22.4 Å². The van der Waals surface area contributed by atoms with Crippen LogP contribution in [0.15, 0.2) is 24.3 Å². The normalized spacial score (nSPS) is 23.5. The molecule has 11 heteroatoms. The van der Waals surface area contributed by atoms with Crippen LogP contribution in [0, 0.1) is 5.92 Å². The number of benzene rings is 1. The van der Waals surface area contributed by atoms with E-state index in [0.717, 1.165) is 18.9 Å². The van der Waals surface area contributed by atoms with Crippen molar-refractivity contribution in [2.24, 2.45) is 5.92 Å². The van der Waals surface area contributed by atoms with Crippen molar-refractivity contribution in [3.63, 3.8) is 0 Å². The zero-order valence-corrected chi connectivity index (χ0v) is 16.2. The molecule has 1 saturated heterocycles. The fourth-order valence-electron chi connectivity index (χ4n) is 3.49. The largest absolute Gasteiger partial charge is 0.452 e. The maximum absolute atomic E-state index is 12.7. The predicted molar refractivity (Wildman–Crippen MR) is 97.2 cm³/mol. The van der Waals surface area contributed by atoms with Gasteiger partial charge < -0.3 is 14.8 Å². The minimum absolute atomic E-state index is 0.105. The molecule has 0 radical (unpaired) electrons. The lowest BCUT2D eigenvalue weighted by Crippen LogP contribution is -2.52. The molecule has 162 valence electrons. The zero-order valence-electron chi connectivity index (χ0n) is 16.2. The number of ether oxygens (including phenoxy) is 2. The van der Waals surface area contributed by atoms with E-state index < -0.39 is 42.6 Å². The van der Waals surface area contributed by atoms with Crippen LogP contribution >= 0.6 is 0 Å². The van der Waals surface area contributed by atoms with E-state index in [4.69, 9.17) is 4.74 Å². The summed E-state index contributed by atoms with van der Waals surface area (Å²) in [6.07, 6.45) is 2.52. The number of nitrogens with one attached hydrogen (secondary N) is 2. The first-order valence-electron chi connectivity index (χ1n) is 9.38. The molecule has 2 aliphatic rings. The third-order valence-corrected chi connectivity index (χ3v) is 5.16. The summed E-state index contributed by atoms with van der Waals surface area (Å²) in [6, 6.07) is 4.13. The molecule has 2 N–H and O–H groups in total. The Bertz CT molecular complexity index is 854. The molecule has 0 aromatic heterocycles. The molecule has 2 fully saturated rings. The topological polar surface area (TPSA) is 114 Å². The highest BCUT2D eigenvalue weighted by Crippen LogP contribution is 2.35. The first-order valence-corrected chi connectivity index (χ1v) is 9.38. The second-order valence-corrected chi connectivity index (χ2v) is 7.35. The summed E-state index contributed by atoms with van der Waals surface area (Å²) < 4.78 is 33.5. The van der Waals surface area contributed by atoms with Crippen LogP contribution < -0.4 is 15.5 Å². The third kappa shape index (κ3) is 4.66. The smallest absolute Gasteiger partial charge is 0.387 e. The number of carbonyl (C=O) groups is 4. The van der Waals surface area contributed by atoms with Gasteiger partial charge in [0.15, 0.2) is 6.61 Å². The minimum atomic E-state index is -3.05. The number of esters is 1. The fraction of sp³-hybridized carbons (Fsp3) is 0.474. The number of halogens is 2. The van der Waals surface area contributed by atoms with Gasteiger partial charge in [0, 0.05) is 0 Å². The van der Waals surface area contributed by atoms with Crippen molar-refractivity contribution < 1.29 is 37.4 Å². The molecule has 0 unspecified atom stereocenters. The molecule has 1 aromatic rings. The molecule has 3 rings (SSSR count). The van der Waals surface area contributed by atoms with Crippen molar-refractivity contribution in [3.8, 4) is 5.75 Å². The Hall–Kier alpha value is -3.24. The van der Waals surface area contributed by atoms with Crippen molar-refractivity contribution in [2.75, 3.05) is 6.61 Å². The average molecular weight is 425 g/mol. The average Bonchev–Trinajstić information content (AvgIpc) is 2.92. The Kier molecular flexibility index (Phi) is 6.18. The second-order valence-electron chi connectivity index (χ2n) is 7.35. The van der Waals surface area contributed by atoms with E-state index in [1.807, 2.05) is 0 Å². The number of urea groups is 1. The number of alkyl halides is 2. The van der Waals surface area contributed by atoms with Gasteiger partial charge in [-0.25, -0.2) is 9.59 Å². The van der Waals surface area contributed by atoms with Gasteiger partial charge in [-0.1, -0.05) is 13.0 Å². The monoisotopic (exact) mass is 425 g/mol. The van der Waals surface area contributed by atoms with E-state index in [0.29, 0.717) is 23.8 Å². The summed E-state index contributed by atoms with van der Waals surface area (Å²) in [5.74, 6) is -2.19. The number of rotatable bonds is 6.